The maximum Gasteiger partial charge on any atom is 0.179 e. The zero-order valence-electron chi connectivity index (χ0n) is 10.0. The van der Waals surface area contributed by atoms with Crippen LogP contribution in [0.15, 0.2) is 27.6 Å². The summed E-state index contributed by atoms with van der Waals surface area (Å²) in [7, 11) is -3.19. The molecule has 0 aliphatic rings. The van der Waals surface area contributed by atoms with Gasteiger partial charge in [0.05, 0.1) is 10.6 Å². The van der Waals surface area contributed by atoms with Gasteiger partial charge in [0.2, 0.25) is 0 Å². The van der Waals surface area contributed by atoms with Gasteiger partial charge in [-0.25, -0.2) is 8.42 Å². The summed E-state index contributed by atoms with van der Waals surface area (Å²) >= 11 is 3.33. The lowest BCUT2D eigenvalue weighted by molar-refractivity contribution is 0.461. The molecule has 0 aliphatic carbocycles. The summed E-state index contributed by atoms with van der Waals surface area (Å²) in [5.41, 5.74) is 0.567. The van der Waals surface area contributed by atoms with Gasteiger partial charge in [-0.05, 0) is 36.1 Å². The molecule has 1 rings (SSSR count). The van der Waals surface area contributed by atoms with Gasteiger partial charge in [-0.1, -0.05) is 36.7 Å². The average molecular weight is 305 g/mol. The molecule has 0 N–H and O–H groups in total. The molecule has 0 heterocycles. The van der Waals surface area contributed by atoms with E-state index in [0.29, 0.717) is 4.90 Å². The Kier molecular flexibility index (Phi) is 3.85. The van der Waals surface area contributed by atoms with E-state index in [-0.39, 0.29) is 11.2 Å². The minimum atomic E-state index is -3.19. The molecule has 0 amide bonds. The van der Waals surface area contributed by atoms with Gasteiger partial charge in [0, 0.05) is 4.47 Å². The first-order valence-electron chi connectivity index (χ1n) is 5.11. The fraction of sp³-hybridized carbons (Fsp3) is 0.500. The molecule has 1 aromatic carbocycles. The van der Waals surface area contributed by atoms with E-state index in [2.05, 4.69) is 15.9 Å². The van der Waals surface area contributed by atoms with Crippen molar-refractivity contribution in [3.63, 3.8) is 0 Å². The Bertz CT molecular complexity index is 484. The van der Waals surface area contributed by atoms with Gasteiger partial charge in [-0.2, -0.15) is 0 Å². The number of sulfone groups is 1. The van der Waals surface area contributed by atoms with Crippen LogP contribution in [-0.2, 0) is 9.84 Å². The lowest BCUT2D eigenvalue weighted by Gasteiger charge is -2.18. The van der Waals surface area contributed by atoms with Crippen molar-refractivity contribution >= 4 is 25.8 Å². The molecule has 0 saturated carbocycles. The van der Waals surface area contributed by atoms with E-state index in [9.17, 15) is 8.42 Å². The van der Waals surface area contributed by atoms with Crippen LogP contribution in [0.4, 0.5) is 0 Å². The second kappa shape index (κ2) is 4.49. The van der Waals surface area contributed by atoms with Crippen molar-refractivity contribution in [2.45, 2.75) is 32.6 Å². The second-order valence-corrected chi connectivity index (χ2v) is 8.10. The number of hydrogen-bond donors (Lipinski definition) is 0. The summed E-state index contributed by atoms with van der Waals surface area (Å²) < 4.78 is 25.2. The van der Waals surface area contributed by atoms with Gasteiger partial charge in [0.1, 0.15) is 0 Å². The number of benzene rings is 1. The predicted octanol–water partition coefficient (Wildman–Crippen LogP) is 3.58. The molecule has 0 saturated heterocycles. The minimum Gasteiger partial charge on any atom is -0.224 e. The van der Waals surface area contributed by atoms with Crippen molar-refractivity contribution in [1.29, 1.82) is 0 Å². The Morgan fingerprint density at radius 1 is 1.25 bits per heavy atom. The Balaban J connectivity index is 3.18. The van der Waals surface area contributed by atoms with Crippen LogP contribution < -0.4 is 0 Å². The van der Waals surface area contributed by atoms with Gasteiger partial charge in [0.15, 0.2) is 9.84 Å². The average Bonchev–Trinajstić information content (AvgIpc) is 1.97. The normalized spacial score (nSPS) is 12.8. The third-order valence-electron chi connectivity index (χ3n) is 2.10. The van der Waals surface area contributed by atoms with Crippen molar-refractivity contribution < 1.29 is 8.42 Å². The zero-order chi connectivity index (χ0) is 12.6. The maximum atomic E-state index is 12.2. The van der Waals surface area contributed by atoms with E-state index in [1.54, 1.807) is 12.1 Å². The molecule has 0 aromatic heterocycles. The lowest BCUT2D eigenvalue weighted by Crippen LogP contribution is -2.21. The summed E-state index contributed by atoms with van der Waals surface area (Å²) in [4.78, 5) is 0.436. The summed E-state index contributed by atoms with van der Waals surface area (Å²) in [5.74, 6) is 0.169. The van der Waals surface area contributed by atoms with Crippen LogP contribution in [-0.4, -0.2) is 14.2 Å². The molecule has 0 aliphatic heterocycles. The highest BCUT2D eigenvalue weighted by Crippen LogP contribution is 2.25. The van der Waals surface area contributed by atoms with Crippen LogP contribution in [0.1, 0.15) is 26.3 Å². The zero-order valence-corrected chi connectivity index (χ0v) is 12.4. The van der Waals surface area contributed by atoms with Crippen LogP contribution in [0.2, 0.25) is 0 Å². The first-order valence-corrected chi connectivity index (χ1v) is 7.55. The summed E-state index contributed by atoms with van der Waals surface area (Å²) in [6.45, 7) is 7.61. The van der Waals surface area contributed by atoms with E-state index < -0.39 is 9.84 Å². The highest BCUT2D eigenvalue weighted by molar-refractivity contribution is 9.10. The molecule has 0 bridgehead atoms. The smallest absolute Gasteiger partial charge is 0.179 e. The van der Waals surface area contributed by atoms with E-state index in [1.807, 2.05) is 33.8 Å². The highest BCUT2D eigenvalue weighted by atomic mass is 79.9. The molecule has 4 heteroatoms. The monoisotopic (exact) mass is 304 g/mol. The molecule has 0 unspecified atom stereocenters. The number of hydrogen-bond acceptors (Lipinski definition) is 2. The standard InChI is InChI=1S/C12H17BrO2S/c1-9-7-10(13)5-6-11(9)16(14,15)8-12(2,3)4/h5-7H,8H2,1-4H3. The van der Waals surface area contributed by atoms with E-state index in [1.165, 1.54) is 0 Å². The van der Waals surface area contributed by atoms with Gasteiger partial charge < -0.3 is 0 Å². The number of rotatable bonds is 2. The Morgan fingerprint density at radius 2 is 1.81 bits per heavy atom. The van der Waals surface area contributed by atoms with E-state index >= 15 is 0 Å². The summed E-state index contributed by atoms with van der Waals surface area (Å²) in [6.07, 6.45) is 0. The largest absolute Gasteiger partial charge is 0.224 e. The first-order chi connectivity index (χ1) is 7.12. The Labute approximate surface area is 106 Å². The molecule has 0 atom stereocenters. The molecule has 90 valence electrons. The molecule has 0 spiro atoms. The summed E-state index contributed by atoms with van der Waals surface area (Å²) in [5, 5.41) is 0. The topological polar surface area (TPSA) is 34.1 Å². The fourth-order valence-corrected chi connectivity index (χ4v) is 4.21. The van der Waals surface area contributed by atoms with Crippen LogP contribution >= 0.6 is 15.9 Å². The van der Waals surface area contributed by atoms with Crippen molar-refractivity contribution in [3.05, 3.63) is 28.2 Å². The second-order valence-electron chi connectivity index (χ2n) is 5.23. The fourth-order valence-electron chi connectivity index (χ4n) is 1.61. The summed E-state index contributed by atoms with van der Waals surface area (Å²) in [6, 6.07) is 5.26. The van der Waals surface area contributed by atoms with E-state index in [4.69, 9.17) is 0 Å². The predicted molar refractivity (Wildman–Crippen MR) is 70.4 cm³/mol. The molecular weight excluding hydrogens is 288 g/mol. The van der Waals surface area contributed by atoms with Crippen LogP contribution in [0, 0.1) is 12.3 Å². The number of aryl methyl sites for hydroxylation is 1. The molecule has 2 nitrogen and oxygen atoms in total. The Hall–Kier alpha value is -0.350. The third-order valence-corrected chi connectivity index (χ3v) is 4.96. The van der Waals surface area contributed by atoms with Crippen molar-refractivity contribution in [1.82, 2.24) is 0 Å². The molecule has 0 fully saturated rings. The van der Waals surface area contributed by atoms with Gasteiger partial charge in [-0.3, -0.25) is 0 Å². The van der Waals surface area contributed by atoms with Crippen LogP contribution in [0.5, 0.6) is 0 Å². The molecule has 1 aromatic rings. The van der Waals surface area contributed by atoms with Crippen molar-refractivity contribution in [2.24, 2.45) is 5.41 Å². The molecular formula is C12H17BrO2S. The highest BCUT2D eigenvalue weighted by Gasteiger charge is 2.24. The first kappa shape index (κ1) is 13.7. The van der Waals surface area contributed by atoms with E-state index in [0.717, 1.165) is 10.0 Å². The SMILES string of the molecule is Cc1cc(Br)ccc1S(=O)(=O)CC(C)(C)C. The van der Waals surface area contributed by atoms with Gasteiger partial charge in [0.25, 0.3) is 0 Å². The van der Waals surface area contributed by atoms with Crippen molar-refractivity contribution in [3.8, 4) is 0 Å². The third kappa shape index (κ3) is 3.59. The van der Waals surface area contributed by atoms with Crippen molar-refractivity contribution in [2.75, 3.05) is 5.75 Å². The minimum absolute atomic E-state index is 0.169. The lowest BCUT2D eigenvalue weighted by atomic mass is 10.0. The Morgan fingerprint density at radius 3 is 2.25 bits per heavy atom. The maximum absolute atomic E-state index is 12.2. The van der Waals surface area contributed by atoms with Crippen LogP contribution in [0.3, 0.4) is 0 Å². The van der Waals surface area contributed by atoms with Gasteiger partial charge >= 0.3 is 0 Å². The van der Waals surface area contributed by atoms with Crippen LogP contribution in [0.25, 0.3) is 0 Å². The van der Waals surface area contributed by atoms with Gasteiger partial charge in [-0.15, -0.1) is 0 Å². The molecule has 0 radical (unpaired) electrons. The molecule has 16 heavy (non-hydrogen) atoms. The quantitative estimate of drug-likeness (QED) is 0.837. The number of halogens is 1.